The molecule has 63 heavy (non-hydrogen) atoms. The van der Waals surface area contributed by atoms with Crippen LogP contribution in [-0.4, -0.2) is 119 Å². The number of aliphatic carboxylic acids is 1. The number of fused-ring (bicyclic) bond motifs is 3. The third-order valence-electron chi connectivity index (χ3n) is 12.4. The Kier molecular flexibility index (Phi) is 13.0. The minimum Gasteiger partial charge on any atom is -0.497 e. The van der Waals surface area contributed by atoms with Crippen molar-refractivity contribution in [2.75, 3.05) is 37.8 Å². The average Bonchev–Trinajstić information content (AvgIpc) is 4.12. The van der Waals surface area contributed by atoms with E-state index in [1.54, 1.807) is 25.3 Å². The second-order valence-corrected chi connectivity index (χ2v) is 20.4. The van der Waals surface area contributed by atoms with E-state index in [0.29, 0.717) is 65.3 Å². The first-order valence-electron chi connectivity index (χ1n) is 21.9. The molecule has 17 nitrogen and oxygen atoms in total. The maximum absolute atomic E-state index is 14.9. The Morgan fingerprint density at radius 2 is 1.90 bits per heavy atom. The first kappa shape index (κ1) is 44.3. The number of anilines is 1. The van der Waals surface area contributed by atoms with E-state index in [2.05, 4.69) is 21.3 Å². The van der Waals surface area contributed by atoms with Crippen molar-refractivity contribution in [3.8, 4) is 22.9 Å². The largest absolute Gasteiger partial charge is 0.497 e. The van der Waals surface area contributed by atoms with Gasteiger partial charge in [-0.2, -0.15) is 4.31 Å². The molecule has 1 aromatic carbocycles. The Balaban J connectivity index is 1.08. The van der Waals surface area contributed by atoms with Gasteiger partial charge in [-0.1, -0.05) is 25.0 Å². The number of pyridine rings is 1. The summed E-state index contributed by atoms with van der Waals surface area (Å²) < 4.78 is 39.4. The minimum atomic E-state index is -3.46. The lowest BCUT2D eigenvalue weighted by Gasteiger charge is -2.30. The molecular formula is C44H56N8O9S2. The number of rotatable bonds is 11. The van der Waals surface area contributed by atoms with Gasteiger partial charge in [-0.15, -0.1) is 11.3 Å². The molecule has 0 bridgehead atoms. The Morgan fingerprint density at radius 3 is 2.65 bits per heavy atom. The van der Waals surface area contributed by atoms with Gasteiger partial charge in [0.1, 0.15) is 40.9 Å². The molecule has 0 spiro atoms. The number of aromatic nitrogens is 2. The van der Waals surface area contributed by atoms with Crippen LogP contribution in [0, 0.1) is 5.92 Å². The number of hydrogen-bond donors (Lipinski definition) is 5. The van der Waals surface area contributed by atoms with Crippen LogP contribution in [0.1, 0.15) is 84.5 Å². The fourth-order valence-corrected chi connectivity index (χ4v) is 11.1. The molecule has 2 aliphatic carbocycles. The molecule has 2 aromatic heterocycles. The van der Waals surface area contributed by atoms with Crippen LogP contribution in [0.5, 0.6) is 11.5 Å². The average molecular weight is 905 g/mol. The lowest BCUT2D eigenvalue weighted by Crippen LogP contribution is -2.57. The summed E-state index contributed by atoms with van der Waals surface area (Å²) in [5, 5.41) is 25.6. The van der Waals surface area contributed by atoms with Crippen molar-refractivity contribution in [2.45, 2.75) is 114 Å². The highest BCUT2D eigenvalue weighted by Crippen LogP contribution is 2.46. The number of carboxylic acid groups (broad SMARTS) is 1. The van der Waals surface area contributed by atoms with Gasteiger partial charge in [-0.3, -0.25) is 9.59 Å². The van der Waals surface area contributed by atoms with Crippen LogP contribution in [0.4, 0.5) is 9.93 Å². The number of sulfonamides is 1. The van der Waals surface area contributed by atoms with Crippen molar-refractivity contribution in [2.24, 2.45) is 5.92 Å². The zero-order valence-corrected chi connectivity index (χ0v) is 37.5. The molecule has 5 atom stereocenters. The highest BCUT2D eigenvalue weighted by atomic mass is 32.2. The second-order valence-electron chi connectivity index (χ2n) is 17.4. The Morgan fingerprint density at radius 1 is 1.08 bits per heavy atom. The van der Waals surface area contributed by atoms with Crippen molar-refractivity contribution in [3.05, 3.63) is 53.1 Å². The minimum absolute atomic E-state index is 0.0310. The van der Waals surface area contributed by atoms with Gasteiger partial charge in [0.2, 0.25) is 21.8 Å². The number of ether oxygens (including phenoxy) is 2. The summed E-state index contributed by atoms with van der Waals surface area (Å²) in [6.45, 7) is 4.44. The summed E-state index contributed by atoms with van der Waals surface area (Å²) in [6, 6.07) is 4.57. The number of hydrogen-bond acceptors (Lipinski definition) is 12. The summed E-state index contributed by atoms with van der Waals surface area (Å²) in [5.74, 6) is -1.56. The highest BCUT2D eigenvalue weighted by molar-refractivity contribution is 7.89. The number of allylic oxidation sites excluding steroid dienone is 2. The van der Waals surface area contributed by atoms with E-state index < -0.39 is 63.5 Å². The summed E-state index contributed by atoms with van der Waals surface area (Å²) in [6.07, 6.45) is 9.29. The van der Waals surface area contributed by atoms with Crippen LogP contribution in [-0.2, 0) is 24.4 Å². The van der Waals surface area contributed by atoms with Gasteiger partial charge in [-0.05, 0) is 82.9 Å². The number of amides is 4. The van der Waals surface area contributed by atoms with Gasteiger partial charge < -0.3 is 40.7 Å². The summed E-state index contributed by atoms with van der Waals surface area (Å²) >= 11 is 1.45. The van der Waals surface area contributed by atoms with E-state index in [1.165, 1.54) is 20.5 Å². The first-order valence-corrected chi connectivity index (χ1v) is 24.4. The second kappa shape index (κ2) is 18.4. The van der Waals surface area contributed by atoms with Gasteiger partial charge >= 0.3 is 12.0 Å². The van der Waals surface area contributed by atoms with E-state index >= 15 is 0 Å². The number of methoxy groups -OCH3 is 1. The van der Waals surface area contributed by atoms with Crippen LogP contribution in [0.2, 0.25) is 0 Å². The van der Waals surface area contributed by atoms with E-state index in [1.807, 2.05) is 37.4 Å². The van der Waals surface area contributed by atoms with Crippen molar-refractivity contribution < 1.29 is 42.2 Å². The van der Waals surface area contributed by atoms with Gasteiger partial charge in [0, 0.05) is 53.5 Å². The van der Waals surface area contributed by atoms with Crippen molar-refractivity contribution in [3.63, 3.8) is 0 Å². The number of benzene rings is 1. The van der Waals surface area contributed by atoms with Crippen molar-refractivity contribution in [1.82, 2.24) is 35.1 Å². The highest BCUT2D eigenvalue weighted by Gasteiger charge is 2.61. The molecule has 2 saturated heterocycles. The molecule has 4 fully saturated rings. The fourth-order valence-electron chi connectivity index (χ4n) is 8.69. The maximum atomic E-state index is 14.9. The molecule has 5 N–H and O–H groups in total. The van der Waals surface area contributed by atoms with Gasteiger partial charge in [0.25, 0.3) is 0 Å². The molecule has 3 aliphatic heterocycles. The number of thiazole rings is 1. The molecule has 3 aromatic rings. The third kappa shape index (κ3) is 10.1. The number of nitrogens with zero attached hydrogens (tertiary/aromatic N) is 4. The van der Waals surface area contributed by atoms with Gasteiger partial charge in [-0.25, -0.2) is 28.0 Å². The molecule has 0 radical (unpaired) electrons. The molecule has 1 unspecified atom stereocenters. The summed E-state index contributed by atoms with van der Waals surface area (Å²) in [4.78, 5) is 66.8. The van der Waals surface area contributed by atoms with Crippen LogP contribution >= 0.6 is 11.3 Å². The summed E-state index contributed by atoms with van der Waals surface area (Å²) in [7, 11) is -1.89. The number of carbonyl (C=O) groups excluding carboxylic acids is 3. The van der Waals surface area contributed by atoms with E-state index in [0.717, 1.165) is 42.8 Å². The molecule has 8 rings (SSSR count). The number of urea groups is 1. The Bertz CT molecular complexity index is 2430. The van der Waals surface area contributed by atoms with Crippen LogP contribution in [0.15, 0.2) is 53.1 Å². The maximum Gasteiger partial charge on any atom is 0.330 e. The van der Waals surface area contributed by atoms with E-state index in [4.69, 9.17) is 19.4 Å². The first-order chi connectivity index (χ1) is 30.2. The molecule has 2 saturated carbocycles. The van der Waals surface area contributed by atoms with Crippen molar-refractivity contribution >= 4 is 61.2 Å². The number of carboxylic acids is 1. The molecule has 4 amide bonds. The third-order valence-corrected chi connectivity index (χ3v) is 15.0. The van der Waals surface area contributed by atoms with Crippen molar-refractivity contribution in [1.29, 1.82) is 0 Å². The quantitative estimate of drug-likeness (QED) is 0.158. The number of carbonyl (C=O) groups is 4. The molecular weight excluding hydrogens is 849 g/mol. The SMILES string of the molecule is COc1ccc2c(O[C@@H]3C[C@H]4C(=O)N[C@]5(C(=O)O)CC5/C=C\CCCCC[C@H](NC(=O)NC(CN5CCCCS5(=O)=O)=C5CC5)C(=O)N4C3)cc(-c3csc(NC(C)C)n3)nc2c1. The van der Waals surface area contributed by atoms with E-state index in [-0.39, 0.29) is 44.1 Å². The fraction of sp³-hybridized carbons (Fsp3) is 0.545. The zero-order chi connectivity index (χ0) is 44.5. The molecule has 5 aliphatic rings. The number of nitrogens with one attached hydrogen (secondary N) is 4. The van der Waals surface area contributed by atoms with Gasteiger partial charge in [0.15, 0.2) is 5.13 Å². The normalized spacial score (nSPS) is 26.7. The Hall–Kier alpha value is -5.27. The van der Waals surface area contributed by atoms with Gasteiger partial charge in [0.05, 0.1) is 37.2 Å². The smallest absolute Gasteiger partial charge is 0.330 e. The van der Waals surface area contributed by atoms with Crippen LogP contribution in [0.25, 0.3) is 22.3 Å². The standard InChI is InChI=1S/C44H56N8O9S2/c1-26(2)45-43-49-36(25-62-43)34-21-38(31-16-15-29(60-3)19-33(31)46-34)61-30-20-37-39(53)50-44(41(55)56)22-28(44)11-7-5-4-6-8-12-32(40(54)52(37)23-30)47-42(57)48-35(27-13-14-27)24-51-17-9-10-18-63(51,58)59/h7,11,15-16,19,21,25-26,28,30,32,37H,4-6,8-10,12-14,17-18,20,22-24H2,1-3H3,(H,45,49)(H,50,53)(H,55,56)(H2,47,48,57)/b11-7-/t28?,30-,32+,37+,44-/m1/s1. The topological polar surface area (TPSA) is 221 Å². The van der Waals surface area contributed by atoms with E-state index in [9.17, 15) is 32.7 Å². The van der Waals surface area contributed by atoms with Crippen LogP contribution < -0.4 is 30.7 Å². The molecule has 338 valence electrons. The molecule has 19 heteroatoms. The predicted molar refractivity (Wildman–Crippen MR) is 238 cm³/mol. The predicted octanol–water partition coefficient (Wildman–Crippen LogP) is 5.16. The monoisotopic (exact) mass is 904 g/mol. The van der Waals surface area contributed by atoms with Crippen LogP contribution in [0.3, 0.4) is 0 Å². The molecule has 5 heterocycles. The lowest BCUT2D eigenvalue weighted by molar-refractivity contribution is -0.145. The Labute approximate surface area is 371 Å². The zero-order valence-electron chi connectivity index (χ0n) is 35.9. The lowest BCUT2D eigenvalue weighted by atomic mass is 10.0. The summed E-state index contributed by atoms with van der Waals surface area (Å²) in [5.41, 5.74) is 1.74.